The Balaban J connectivity index is 1.42. The number of fused-ring (bicyclic) bond motifs is 1. The fraction of sp³-hybridized carbons (Fsp3) is 0.444. The number of amides is 1. The first-order valence-corrected chi connectivity index (χ1v) is 8.27. The number of furan rings is 1. The van der Waals surface area contributed by atoms with E-state index in [1.54, 1.807) is 18.2 Å². The molecule has 6 heteroatoms. The maximum Gasteiger partial charge on any atom is 0.371 e. The molecule has 2 aliphatic rings. The molecule has 0 spiro atoms. The predicted octanol–water partition coefficient (Wildman–Crippen LogP) is 3.13. The summed E-state index contributed by atoms with van der Waals surface area (Å²) in [6.45, 7) is 1.61. The highest BCUT2D eigenvalue weighted by Crippen LogP contribution is 2.48. The molecule has 2 N–H and O–H groups in total. The Kier molecular flexibility index (Phi) is 3.76. The van der Waals surface area contributed by atoms with Gasteiger partial charge in [-0.2, -0.15) is 0 Å². The molecule has 126 valence electrons. The van der Waals surface area contributed by atoms with Crippen LogP contribution in [0.3, 0.4) is 0 Å². The van der Waals surface area contributed by atoms with Gasteiger partial charge in [0.1, 0.15) is 5.58 Å². The Labute approximate surface area is 138 Å². The van der Waals surface area contributed by atoms with E-state index < -0.39 is 5.97 Å². The van der Waals surface area contributed by atoms with Gasteiger partial charge in [0, 0.05) is 30.2 Å². The minimum absolute atomic E-state index is 0.0489. The third-order valence-corrected chi connectivity index (χ3v) is 5.04. The van der Waals surface area contributed by atoms with E-state index in [-0.39, 0.29) is 17.6 Å². The summed E-state index contributed by atoms with van der Waals surface area (Å²) in [5.74, 6) is 0.00832. The lowest BCUT2D eigenvalue weighted by atomic mass is 9.93. The number of hydrogen-bond donors (Lipinski definition) is 2. The number of benzene rings is 1. The van der Waals surface area contributed by atoms with Crippen molar-refractivity contribution < 1.29 is 23.8 Å². The number of nitrogens with one attached hydrogen (secondary N) is 1. The van der Waals surface area contributed by atoms with E-state index in [4.69, 9.17) is 14.3 Å². The van der Waals surface area contributed by atoms with Crippen molar-refractivity contribution in [2.75, 3.05) is 18.5 Å². The van der Waals surface area contributed by atoms with Gasteiger partial charge in [-0.1, -0.05) is 0 Å². The van der Waals surface area contributed by atoms with Crippen LogP contribution in [0.25, 0.3) is 11.0 Å². The van der Waals surface area contributed by atoms with E-state index in [9.17, 15) is 9.59 Å². The molecule has 4 rings (SSSR count). The van der Waals surface area contributed by atoms with Crippen LogP contribution < -0.4 is 5.32 Å². The van der Waals surface area contributed by atoms with Crippen LogP contribution in [-0.2, 0) is 9.53 Å². The maximum atomic E-state index is 12.4. The molecule has 2 atom stereocenters. The normalized spacial score (nSPS) is 24.0. The molecular formula is C18H19NO5. The number of carbonyl (C=O) groups excluding carboxylic acids is 1. The molecule has 0 bridgehead atoms. The topological polar surface area (TPSA) is 88.8 Å². The summed E-state index contributed by atoms with van der Waals surface area (Å²) < 4.78 is 10.6. The van der Waals surface area contributed by atoms with E-state index in [2.05, 4.69) is 5.32 Å². The van der Waals surface area contributed by atoms with Crippen molar-refractivity contribution in [1.82, 2.24) is 0 Å². The van der Waals surface area contributed by atoms with Crippen molar-refractivity contribution in [3.05, 3.63) is 30.0 Å². The molecule has 1 aromatic heterocycles. The summed E-state index contributed by atoms with van der Waals surface area (Å²) in [5, 5.41) is 12.6. The van der Waals surface area contributed by atoms with E-state index in [0.29, 0.717) is 28.5 Å². The zero-order valence-electron chi connectivity index (χ0n) is 13.2. The van der Waals surface area contributed by atoms with Crippen molar-refractivity contribution in [2.24, 2.45) is 17.8 Å². The van der Waals surface area contributed by atoms with Gasteiger partial charge >= 0.3 is 5.97 Å². The highest BCUT2D eigenvalue weighted by Gasteiger charge is 2.47. The average molecular weight is 329 g/mol. The zero-order chi connectivity index (χ0) is 16.7. The van der Waals surface area contributed by atoms with Gasteiger partial charge < -0.3 is 19.6 Å². The van der Waals surface area contributed by atoms with E-state index in [1.165, 1.54) is 6.07 Å². The first-order valence-electron chi connectivity index (χ1n) is 8.27. The highest BCUT2D eigenvalue weighted by molar-refractivity contribution is 5.97. The molecule has 1 saturated heterocycles. The number of carboxylic acids is 1. The molecule has 0 unspecified atom stereocenters. The smallest absolute Gasteiger partial charge is 0.371 e. The molecule has 1 amide bonds. The number of carbonyl (C=O) groups is 2. The second-order valence-electron chi connectivity index (χ2n) is 6.61. The molecule has 1 aromatic carbocycles. The minimum atomic E-state index is -1.10. The number of carboxylic acid groups (broad SMARTS) is 1. The molecule has 1 saturated carbocycles. The summed E-state index contributed by atoms with van der Waals surface area (Å²) in [7, 11) is 0. The highest BCUT2D eigenvalue weighted by atomic mass is 16.5. The molecule has 1 aliphatic heterocycles. The molecule has 1 aliphatic carbocycles. The van der Waals surface area contributed by atoms with Gasteiger partial charge in [0.2, 0.25) is 11.7 Å². The summed E-state index contributed by atoms with van der Waals surface area (Å²) in [6, 6.07) is 6.63. The van der Waals surface area contributed by atoms with Gasteiger partial charge in [-0.3, -0.25) is 4.79 Å². The van der Waals surface area contributed by atoms with Crippen LogP contribution in [0.15, 0.2) is 28.7 Å². The Morgan fingerprint density at radius 3 is 2.71 bits per heavy atom. The van der Waals surface area contributed by atoms with Crippen molar-refractivity contribution in [3.63, 3.8) is 0 Å². The van der Waals surface area contributed by atoms with Crippen LogP contribution in [0.4, 0.5) is 5.69 Å². The molecule has 24 heavy (non-hydrogen) atoms. The van der Waals surface area contributed by atoms with Gasteiger partial charge in [0.05, 0.1) is 0 Å². The average Bonchev–Trinajstić information content (AvgIpc) is 3.27. The van der Waals surface area contributed by atoms with E-state index >= 15 is 0 Å². The van der Waals surface area contributed by atoms with E-state index in [0.717, 1.165) is 32.5 Å². The van der Waals surface area contributed by atoms with Gasteiger partial charge in [-0.15, -0.1) is 0 Å². The first kappa shape index (κ1) is 15.2. The van der Waals surface area contributed by atoms with Gasteiger partial charge in [0.25, 0.3) is 0 Å². The van der Waals surface area contributed by atoms with Crippen LogP contribution in [0.5, 0.6) is 0 Å². The largest absolute Gasteiger partial charge is 0.475 e. The lowest BCUT2D eigenvalue weighted by Crippen LogP contribution is -2.21. The second-order valence-corrected chi connectivity index (χ2v) is 6.61. The van der Waals surface area contributed by atoms with Crippen LogP contribution in [0, 0.1) is 17.8 Å². The Hall–Kier alpha value is -2.34. The fourth-order valence-electron chi connectivity index (χ4n) is 3.64. The van der Waals surface area contributed by atoms with Crippen molar-refractivity contribution in [1.29, 1.82) is 0 Å². The SMILES string of the molecule is O=C(O)c1cc2cc(NC(=O)[C@@H]3C[C@H]3C3CCOCC3)ccc2o1. The van der Waals surface area contributed by atoms with Crippen LogP contribution in [-0.4, -0.2) is 30.2 Å². The Morgan fingerprint density at radius 1 is 1.17 bits per heavy atom. The third kappa shape index (κ3) is 2.89. The van der Waals surface area contributed by atoms with Crippen LogP contribution in [0.1, 0.15) is 29.8 Å². The Bertz CT molecular complexity index is 790. The third-order valence-electron chi connectivity index (χ3n) is 5.04. The predicted molar refractivity (Wildman–Crippen MR) is 86.9 cm³/mol. The van der Waals surface area contributed by atoms with Gasteiger partial charge in [-0.25, -0.2) is 4.79 Å². The number of rotatable bonds is 4. The Morgan fingerprint density at radius 2 is 1.96 bits per heavy atom. The second kappa shape index (κ2) is 5.94. The monoisotopic (exact) mass is 329 g/mol. The minimum Gasteiger partial charge on any atom is -0.475 e. The lowest BCUT2D eigenvalue weighted by Gasteiger charge is -2.21. The molecule has 2 fully saturated rings. The number of ether oxygens (including phenoxy) is 1. The van der Waals surface area contributed by atoms with Crippen molar-refractivity contribution in [2.45, 2.75) is 19.3 Å². The number of anilines is 1. The number of aromatic carboxylic acids is 1. The summed E-state index contributed by atoms with van der Waals surface area (Å²) in [6.07, 6.45) is 3.05. The van der Waals surface area contributed by atoms with Crippen LogP contribution >= 0.6 is 0 Å². The van der Waals surface area contributed by atoms with Crippen molar-refractivity contribution >= 4 is 28.5 Å². The molecular weight excluding hydrogens is 310 g/mol. The quantitative estimate of drug-likeness (QED) is 0.899. The molecule has 2 aromatic rings. The van der Waals surface area contributed by atoms with Crippen molar-refractivity contribution in [3.8, 4) is 0 Å². The lowest BCUT2D eigenvalue weighted by molar-refractivity contribution is -0.117. The summed E-state index contributed by atoms with van der Waals surface area (Å²) in [5.41, 5.74) is 1.17. The first-order chi connectivity index (χ1) is 11.6. The van der Waals surface area contributed by atoms with Gasteiger partial charge in [-0.05, 0) is 55.4 Å². The van der Waals surface area contributed by atoms with E-state index in [1.807, 2.05) is 0 Å². The van der Waals surface area contributed by atoms with Gasteiger partial charge in [0.15, 0.2) is 0 Å². The summed E-state index contributed by atoms with van der Waals surface area (Å²) >= 11 is 0. The zero-order valence-corrected chi connectivity index (χ0v) is 13.2. The summed E-state index contributed by atoms with van der Waals surface area (Å²) in [4.78, 5) is 23.4. The standard InChI is InChI=1S/C18H19NO5/c20-17(14-9-13(14)10-3-5-23-6-4-10)19-12-1-2-15-11(7-12)8-16(24-15)18(21)22/h1-2,7-8,10,13-14H,3-6,9H2,(H,19,20)(H,21,22)/t13-,14+/m0/s1. The van der Waals surface area contributed by atoms with Crippen LogP contribution in [0.2, 0.25) is 0 Å². The molecule has 2 heterocycles. The number of hydrogen-bond acceptors (Lipinski definition) is 4. The molecule has 0 radical (unpaired) electrons. The maximum absolute atomic E-state index is 12.4. The molecule has 6 nitrogen and oxygen atoms in total. The fourth-order valence-corrected chi connectivity index (χ4v) is 3.64.